The third-order valence-corrected chi connectivity index (χ3v) is 6.80. The van der Waals surface area contributed by atoms with Gasteiger partial charge in [-0.15, -0.1) is 0 Å². The first-order valence-electron chi connectivity index (χ1n) is 9.35. The van der Waals surface area contributed by atoms with Gasteiger partial charge in [0.2, 0.25) is 5.91 Å². The fraction of sp³-hybridized carbons (Fsp3) is 0.409. The Morgan fingerprint density at radius 2 is 1.77 bits per heavy atom. The van der Waals surface area contributed by atoms with Crippen molar-refractivity contribution in [2.45, 2.75) is 49.0 Å². The minimum atomic E-state index is 0.121. The van der Waals surface area contributed by atoms with E-state index in [-0.39, 0.29) is 11.5 Å². The Kier molecular flexibility index (Phi) is 3.24. The van der Waals surface area contributed by atoms with Crippen LogP contribution >= 0.6 is 0 Å². The molecule has 4 fully saturated rings. The van der Waals surface area contributed by atoms with E-state index in [1.165, 1.54) is 11.1 Å². The molecule has 2 bridgehead atoms. The van der Waals surface area contributed by atoms with Gasteiger partial charge in [0.25, 0.3) is 0 Å². The number of rotatable bonds is 3. The molecule has 4 heteroatoms. The van der Waals surface area contributed by atoms with E-state index in [0.29, 0.717) is 23.3 Å². The van der Waals surface area contributed by atoms with Gasteiger partial charge in [-0.25, -0.2) is 0 Å². The van der Waals surface area contributed by atoms with E-state index >= 15 is 0 Å². The highest BCUT2D eigenvalue weighted by atomic mass is 16.2. The minimum absolute atomic E-state index is 0.121. The number of hydrogen-bond acceptors (Lipinski definition) is 3. The van der Waals surface area contributed by atoms with Gasteiger partial charge in [-0.2, -0.15) is 5.26 Å². The summed E-state index contributed by atoms with van der Waals surface area (Å²) in [7, 11) is 0. The van der Waals surface area contributed by atoms with E-state index in [2.05, 4.69) is 28.1 Å². The van der Waals surface area contributed by atoms with E-state index in [0.717, 1.165) is 32.2 Å². The van der Waals surface area contributed by atoms with Crippen molar-refractivity contribution in [2.24, 2.45) is 0 Å². The lowest BCUT2D eigenvalue weighted by Crippen LogP contribution is -2.78. The molecule has 0 radical (unpaired) electrons. The number of piperidine rings is 1. The van der Waals surface area contributed by atoms with Gasteiger partial charge in [-0.05, 0) is 67.0 Å². The normalized spacial score (nSPS) is 32.3. The molecule has 0 spiro atoms. The lowest BCUT2D eigenvalue weighted by atomic mass is 9.37. The molecule has 1 saturated heterocycles. The van der Waals surface area contributed by atoms with Crippen molar-refractivity contribution in [3.8, 4) is 6.07 Å². The molecule has 0 N–H and O–H groups in total. The molecule has 3 aliphatic carbocycles. The Bertz CT molecular complexity index is 877. The summed E-state index contributed by atoms with van der Waals surface area (Å²) >= 11 is 0. The van der Waals surface area contributed by atoms with Crippen molar-refractivity contribution in [3.63, 3.8) is 0 Å². The first-order valence-corrected chi connectivity index (χ1v) is 9.35. The second kappa shape index (κ2) is 5.41. The van der Waals surface area contributed by atoms with Crippen LogP contribution in [0.1, 0.15) is 54.7 Å². The highest BCUT2D eigenvalue weighted by Gasteiger charge is 2.71. The molecule has 2 heterocycles. The van der Waals surface area contributed by atoms with Crippen LogP contribution in [0.25, 0.3) is 0 Å². The number of hydrogen-bond donors (Lipinski definition) is 0. The van der Waals surface area contributed by atoms with E-state index in [1.54, 1.807) is 0 Å². The average molecular weight is 343 g/mol. The second-order valence-electron chi connectivity index (χ2n) is 8.24. The molecule has 1 aromatic heterocycles. The van der Waals surface area contributed by atoms with Crippen LogP contribution in [-0.4, -0.2) is 27.9 Å². The van der Waals surface area contributed by atoms with Crippen LogP contribution in [0.15, 0.2) is 48.8 Å². The number of nitrogens with zero attached hydrogens (tertiary/aromatic N) is 3. The maximum Gasteiger partial charge on any atom is 0.223 e. The summed E-state index contributed by atoms with van der Waals surface area (Å²) in [5.74, 6) is 0.585. The van der Waals surface area contributed by atoms with Crippen molar-refractivity contribution >= 4 is 5.91 Å². The number of nitriles is 1. The Morgan fingerprint density at radius 3 is 2.38 bits per heavy atom. The van der Waals surface area contributed by atoms with Crippen LogP contribution < -0.4 is 0 Å². The SMILES string of the molecule is N#Cc1ccc(C2CCN(C34CC(c5ccncc5)(C3)C4)C(=O)C2)cc1. The summed E-state index contributed by atoms with van der Waals surface area (Å²) in [4.78, 5) is 19.2. The van der Waals surface area contributed by atoms with Gasteiger partial charge in [0, 0.05) is 36.3 Å². The molecular weight excluding hydrogens is 322 g/mol. The van der Waals surface area contributed by atoms with Crippen LogP contribution in [0.4, 0.5) is 0 Å². The van der Waals surface area contributed by atoms with Gasteiger partial charge in [-0.3, -0.25) is 9.78 Å². The molecule has 1 amide bonds. The van der Waals surface area contributed by atoms with E-state index in [4.69, 9.17) is 5.26 Å². The number of carbonyl (C=O) groups excluding carboxylic acids is 1. The highest BCUT2D eigenvalue weighted by molar-refractivity contribution is 5.80. The Morgan fingerprint density at radius 1 is 1.08 bits per heavy atom. The molecule has 1 unspecified atom stereocenters. The predicted molar refractivity (Wildman–Crippen MR) is 97.3 cm³/mol. The van der Waals surface area contributed by atoms with Crippen LogP contribution in [0.3, 0.4) is 0 Å². The number of benzene rings is 1. The van der Waals surface area contributed by atoms with Crippen LogP contribution in [-0.2, 0) is 10.2 Å². The topological polar surface area (TPSA) is 57.0 Å². The quantitative estimate of drug-likeness (QED) is 0.856. The lowest BCUT2D eigenvalue weighted by Gasteiger charge is -2.74. The molecule has 6 rings (SSSR count). The zero-order valence-electron chi connectivity index (χ0n) is 14.7. The molecule has 130 valence electrons. The van der Waals surface area contributed by atoms with Crippen molar-refractivity contribution < 1.29 is 4.79 Å². The fourth-order valence-corrected chi connectivity index (χ4v) is 5.48. The van der Waals surface area contributed by atoms with E-state index in [9.17, 15) is 4.79 Å². The van der Waals surface area contributed by atoms with Gasteiger partial charge in [0.15, 0.2) is 0 Å². The van der Waals surface area contributed by atoms with Crippen molar-refractivity contribution in [1.29, 1.82) is 5.26 Å². The van der Waals surface area contributed by atoms with Gasteiger partial charge < -0.3 is 4.90 Å². The fourth-order valence-electron chi connectivity index (χ4n) is 5.48. The Labute approximate surface area is 153 Å². The molecule has 1 atom stereocenters. The highest BCUT2D eigenvalue weighted by Crippen LogP contribution is 2.70. The van der Waals surface area contributed by atoms with Gasteiger partial charge in [0.1, 0.15) is 0 Å². The zero-order valence-corrected chi connectivity index (χ0v) is 14.7. The summed E-state index contributed by atoms with van der Waals surface area (Å²) in [5, 5.41) is 8.93. The van der Waals surface area contributed by atoms with Crippen molar-refractivity contribution in [2.75, 3.05) is 6.54 Å². The third-order valence-electron chi connectivity index (χ3n) is 6.80. The van der Waals surface area contributed by atoms with E-state index < -0.39 is 0 Å². The monoisotopic (exact) mass is 343 g/mol. The summed E-state index contributed by atoms with van der Waals surface area (Å²) in [6.45, 7) is 0.857. The molecule has 4 nitrogen and oxygen atoms in total. The van der Waals surface area contributed by atoms with Crippen molar-refractivity contribution in [3.05, 3.63) is 65.5 Å². The molecule has 4 aliphatic rings. The summed E-state index contributed by atoms with van der Waals surface area (Å²) in [5.41, 5.74) is 3.66. The first kappa shape index (κ1) is 15.6. The second-order valence-corrected chi connectivity index (χ2v) is 8.24. The molecule has 1 aliphatic heterocycles. The molecule has 3 saturated carbocycles. The first-order chi connectivity index (χ1) is 12.6. The molecule has 26 heavy (non-hydrogen) atoms. The van der Waals surface area contributed by atoms with Gasteiger partial charge in [-0.1, -0.05) is 12.1 Å². The lowest BCUT2D eigenvalue weighted by molar-refractivity contribution is -0.189. The minimum Gasteiger partial charge on any atom is -0.337 e. The number of aromatic nitrogens is 1. The summed E-state index contributed by atoms with van der Waals surface area (Å²) in [6, 6.07) is 14.1. The van der Waals surface area contributed by atoms with Gasteiger partial charge >= 0.3 is 0 Å². The van der Waals surface area contributed by atoms with Gasteiger partial charge in [0.05, 0.1) is 11.6 Å². The maximum atomic E-state index is 12.9. The Hall–Kier alpha value is -2.67. The number of likely N-dealkylation sites (tertiary alicyclic amines) is 1. The summed E-state index contributed by atoms with van der Waals surface area (Å²) in [6.07, 6.45) is 8.68. The Balaban J connectivity index is 1.26. The average Bonchev–Trinajstić information content (AvgIpc) is 2.62. The van der Waals surface area contributed by atoms with Crippen LogP contribution in [0.5, 0.6) is 0 Å². The predicted octanol–water partition coefficient (Wildman–Crippen LogP) is 3.53. The summed E-state index contributed by atoms with van der Waals surface area (Å²) < 4.78 is 0. The molecule has 1 aromatic carbocycles. The standard InChI is InChI=1S/C22H21N3O/c23-12-16-1-3-17(4-2-16)18-7-10-25(20(26)11-18)22-13-21(14-22,15-22)19-5-8-24-9-6-19/h1-6,8-9,18H,7,10-11,13-15H2. The van der Waals surface area contributed by atoms with Crippen molar-refractivity contribution in [1.82, 2.24) is 9.88 Å². The third kappa shape index (κ3) is 2.13. The molecule has 2 aromatic rings. The van der Waals surface area contributed by atoms with E-state index in [1.807, 2.05) is 36.7 Å². The smallest absolute Gasteiger partial charge is 0.223 e. The van der Waals surface area contributed by atoms with Crippen LogP contribution in [0.2, 0.25) is 0 Å². The maximum absolute atomic E-state index is 12.9. The largest absolute Gasteiger partial charge is 0.337 e. The number of amides is 1. The number of carbonyl (C=O) groups is 1. The molecular formula is C22H21N3O. The van der Waals surface area contributed by atoms with Crippen LogP contribution in [0, 0.1) is 11.3 Å². The zero-order chi connectivity index (χ0) is 17.8. The number of pyridine rings is 1.